The Morgan fingerprint density at radius 1 is 0.690 bits per heavy atom. The molecule has 12 nitrogen and oxygen atoms in total. The van der Waals surface area contributed by atoms with E-state index >= 15 is 0 Å². The first-order chi connectivity index (χ1) is 27.9. The SMILES string of the molecule is CCCCC/C=C\C/C=C\CCCCCCCCCCCC(=O)OC[C@H](COP(=O)(O)O)OC(=O)CCCCC(=O)C[C@@H]1[C@@H](/C=C/[C@@H](O)CCCCC)[C@H](O)C[C@@H]1O. The van der Waals surface area contributed by atoms with Crippen molar-refractivity contribution in [3.63, 3.8) is 0 Å². The predicted octanol–water partition coefficient (Wildman–Crippen LogP) is 9.30. The van der Waals surface area contributed by atoms with Gasteiger partial charge in [-0.25, -0.2) is 4.57 Å². The van der Waals surface area contributed by atoms with E-state index in [-0.39, 0.29) is 37.9 Å². The highest BCUT2D eigenvalue weighted by Crippen LogP contribution is 2.37. The number of rotatable bonds is 37. The average Bonchev–Trinajstić information content (AvgIpc) is 3.44. The molecule has 1 saturated carbocycles. The molecule has 0 unspecified atom stereocenters. The summed E-state index contributed by atoms with van der Waals surface area (Å²) in [6.45, 7) is 3.24. The number of phosphoric ester groups is 1. The largest absolute Gasteiger partial charge is 0.469 e. The summed E-state index contributed by atoms with van der Waals surface area (Å²) in [4.78, 5) is 55.9. The Morgan fingerprint density at radius 3 is 1.88 bits per heavy atom. The minimum absolute atomic E-state index is 0.0628. The van der Waals surface area contributed by atoms with Gasteiger partial charge in [-0.2, -0.15) is 0 Å². The summed E-state index contributed by atoms with van der Waals surface area (Å²) < 4.78 is 26.3. The molecule has 0 bridgehead atoms. The number of phosphoric acid groups is 1. The molecule has 1 aliphatic rings. The summed E-state index contributed by atoms with van der Waals surface area (Å²) in [5.74, 6) is -2.21. The zero-order chi connectivity index (χ0) is 42.9. The molecular weight excluding hydrogens is 763 g/mol. The highest BCUT2D eigenvalue weighted by atomic mass is 31.2. The van der Waals surface area contributed by atoms with Crippen LogP contribution < -0.4 is 0 Å². The Kier molecular flexibility index (Phi) is 32.0. The van der Waals surface area contributed by atoms with Gasteiger partial charge in [0, 0.05) is 43.9 Å². The van der Waals surface area contributed by atoms with Crippen LogP contribution in [0.3, 0.4) is 0 Å². The van der Waals surface area contributed by atoms with Gasteiger partial charge < -0.3 is 34.6 Å². The molecule has 0 aliphatic heterocycles. The van der Waals surface area contributed by atoms with Crippen LogP contribution in [0.1, 0.15) is 181 Å². The van der Waals surface area contributed by atoms with Gasteiger partial charge in [0.1, 0.15) is 12.4 Å². The van der Waals surface area contributed by atoms with E-state index in [0.29, 0.717) is 25.7 Å². The second-order valence-electron chi connectivity index (χ2n) is 16.0. The quantitative estimate of drug-likeness (QED) is 0.0172. The fourth-order valence-electron chi connectivity index (χ4n) is 7.16. The summed E-state index contributed by atoms with van der Waals surface area (Å²) in [5.41, 5.74) is 0. The Hall–Kier alpha value is -2.18. The van der Waals surface area contributed by atoms with Crippen molar-refractivity contribution in [3.8, 4) is 0 Å². The summed E-state index contributed by atoms with van der Waals surface area (Å²) in [5, 5.41) is 31.2. The predicted molar refractivity (Wildman–Crippen MR) is 228 cm³/mol. The monoisotopic (exact) mass is 843 g/mol. The number of carbonyl (C=O) groups is 3. The van der Waals surface area contributed by atoms with Gasteiger partial charge >= 0.3 is 19.8 Å². The van der Waals surface area contributed by atoms with Crippen LogP contribution in [-0.4, -0.2) is 80.5 Å². The van der Waals surface area contributed by atoms with Crippen LogP contribution in [0, 0.1) is 11.8 Å². The van der Waals surface area contributed by atoms with Gasteiger partial charge in [0.05, 0.1) is 24.9 Å². The lowest BCUT2D eigenvalue weighted by Gasteiger charge is -2.20. The molecule has 0 amide bonds. The second-order valence-corrected chi connectivity index (χ2v) is 17.2. The molecule has 0 aromatic rings. The minimum atomic E-state index is -4.86. The van der Waals surface area contributed by atoms with Crippen molar-refractivity contribution in [2.45, 2.75) is 205 Å². The first-order valence-electron chi connectivity index (χ1n) is 22.5. The molecule has 0 saturated heterocycles. The lowest BCUT2D eigenvalue weighted by molar-refractivity contribution is -0.161. The molecule has 336 valence electrons. The van der Waals surface area contributed by atoms with Gasteiger partial charge in [-0.05, 0) is 57.8 Å². The number of esters is 2. The molecule has 58 heavy (non-hydrogen) atoms. The van der Waals surface area contributed by atoms with Crippen LogP contribution in [0.4, 0.5) is 0 Å². The molecule has 1 aliphatic carbocycles. The first kappa shape index (κ1) is 53.8. The fourth-order valence-corrected chi connectivity index (χ4v) is 7.52. The standard InChI is InChI=1S/C45H79O12P/c1-3-5-7-8-9-10-11-12-13-14-15-16-17-18-19-20-21-22-24-29-44(50)55-35-39(36-56-58(52,53)54)57-45(51)30-26-25-28-38(47)33-41-40(42(48)34-43(41)49)32-31-37(46)27-23-6-4-2/h9-10,12-13,31-32,37,39-43,46,48-49H,3-8,11,14-30,33-36H2,1-2H3,(H2,52,53,54)/b10-9-,13-12-,32-31+/t37-,39+,40+,41+,42+,43-/m0/s1. The van der Waals surface area contributed by atoms with Crippen LogP contribution >= 0.6 is 7.82 Å². The Bertz CT molecular complexity index is 1210. The van der Waals surface area contributed by atoms with Crippen molar-refractivity contribution in [3.05, 3.63) is 36.5 Å². The zero-order valence-electron chi connectivity index (χ0n) is 35.8. The average molecular weight is 843 g/mol. The lowest BCUT2D eigenvalue weighted by Crippen LogP contribution is -2.29. The van der Waals surface area contributed by atoms with Crippen molar-refractivity contribution in [2.75, 3.05) is 13.2 Å². The van der Waals surface area contributed by atoms with E-state index < -0.39 is 69.2 Å². The maximum atomic E-state index is 12.8. The second kappa shape index (κ2) is 34.5. The normalized spacial score (nSPS) is 19.7. The summed E-state index contributed by atoms with van der Waals surface area (Å²) >= 11 is 0. The van der Waals surface area contributed by atoms with E-state index in [0.717, 1.165) is 51.4 Å². The number of aliphatic hydroxyl groups excluding tert-OH is 3. The highest BCUT2D eigenvalue weighted by molar-refractivity contribution is 7.46. The number of ether oxygens (including phenoxy) is 2. The molecule has 0 aromatic carbocycles. The van der Waals surface area contributed by atoms with E-state index in [1.165, 1.54) is 57.8 Å². The highest BCUT2D eigenvalue weighted by Gasteiger charge is 2.41. The smallest absolute Gasteiger partial charge is 0.462 e. The molecule has 0 radical (unpaired) electrons. The molecule has 6 atom stereocenters. The summed E-state index contributed by atoms with van der Waals surface area (Å²) in [6, 6.07) is 0. The number of hydrogen-bond acceptors (Lipinski definition) is 10. The van der Waals surface area contributed by atoms with Crippen LogP contribution in [0.15, 0.2) is 36.5 Å². The third-order valence-corrected chi connectivity index (χ3v) is 11.1. The van der Waals surface area contributed by atoms with Crippen molar-refractivity contribution < 1.29 is 58.1 Å². The van der Waals surface area contributed by atoms with Crippen molar-refractivity contribution in [2.24, 2.45) is 11.8 Å². The molecule has 0 heterocycles. The maximum absolute atomic E-state index is 12.8. The number of hydrogen-bond donors (Lipinski definition) is 5. The third-order valence-electron chi connectivity index (χ3n) is 10.6. The van der Waals surface area contributed by atoms with Gasteiger partial charge in [0.15, 0.2) is 6.10 Å². The number of aliphatic hydroxyl groups is 3. The van der Waals surface area contributed by atoms with E-state index in [9.17, 15) is 34.3 Å². The molecule has 0 aromatic heterocycles. The lowest BCUT2D eigenvalue weighted by atomic mass is 9.87. The van der Waals surface area contributed by atoms with Crippen molar-refractivity contribution >= 4 is 25.5 Å². The molecule has 1 fully saturated rings. The third kappa shape index (κ3) is 29.9. The van der Waals surface area contributed by atoms with E-state index in [1.54, 1.807) is 12.2 Å². The number of carbonyl (C=O) groups excluding carboxylic acids is 3. The minimum Gasteiger partial charge on any atom is -0.462 e. The number of allylic oxidation sites excluding steroid dienone is 4. The number of Topliss-reactive ketones (excluding diaryl/α,β-unsaturated/α-hetero) is 1. The zero-order valence-corrected chi connectivity index (χ0v) is 36.7. The van der Waals surface area contributed by atoms with E-state index in [1.807, 2.05) is 0 Å². The molecule has 0 spiro atoms. The number of ketones is 1. The van der Waals surface area contributed by atoms with Gasteiger partial charge in [-0.3, -0.25) is 18.9 Å². The molecule has 5 N–H and O–H groups in total. The maximum Gasteiger partial charge on any atom is 0.469 e. The van der Waals surface area contributed by atoms with Crippen LogP contribution in [-0.2, 0) is 32.9 Å². The molecule has 13 heteroatoms. The van der Waals surface area contributed by atoms with Crippen LogP contribution in [0.2, 0.25) is 0 Å². The van der Waals surface area contributed by atoms with Crippen molar-refractivity contribution in [1.82, 2.24) is 0 Å². The first-order valence-corrected chi connectivity index (χ1v) is 24.0. The topological polar surface area (TPSA) is 197 Å². The van der Waals surface area contributed by atoms with E-state index in [2.05, 4.69) is 42.7 Å². The number of unbranched alkanes of at least 4 members (excludes halogenated alkanes) is 15. The summed E-state index contributed by atoms with van der Waals surface area (Å²) in [7, 11) is -4.86. The summed E-state index contributed by atoms with van der Waals surface area (Å²) in [6.07, 6.45) is 30.6. The Balaban J connectivity index is 2.27. The van der Waals surface area contributed by atoms with Gasteiger partial charge in [0.2, 0.25) is 0 Å². The fraction of sp³-hybridized carbons (Fsp3) is 0.800. The van der Waals surface area contributed by atoms with Gasteiger partial charge in [-0.15, -0.1) is 0 Å². The van der Waals surface area contributed by atoms with Crippen molar-refractivity contribution in [1.29, 1.82) is 0 Å². The Morgan fingerprint density at radius 2 is 1.24 bits per heavy atom. The van der Waals surface area contributed by atoms with E-state index in [4.69, 9.17) is 19.3 Å². The van der Waals surface area contributed by atoms with Gasteiger partial charge in [0.25, 0.3) is 0 Å². The Labute approximate surface area is 349 Å². The van der Waals surface area contributed by atoms with Crippen LogP contribution in [0.25, 0.3) is 0 Å². The molecule has 1 rings (SSSR count). The molecular formula is C45H79O12P. The van der Waals surface area contributed by atoms with Crippen LogP contribution in [0.5, 0.6) is 0 Å². The van der Waals surface area contributed by atoms with Gasteiger partial charge in [-0.1, -0.05) is 127 Å².